The van der Waals surface area contributed by atoms with Crippen molar-refractivity contribution in [1.29, 1.82) is 0 Å². The minimum atomic E-state index is -3.40. The first-order valence-electron chi connectivity index (χ1n) is 5.42. The second kappa shape index (κ2) is 6.48. The van der Waals surface area contributed by atoms with E-state index in [2.05, 4.69) is 10.0 Å². The van der Waals surface area contributed by atoms with Crippen molar-refractivity contribution in [3.8, 4) is 5.75 Å². The number of carbonyl (C=O) groups excluding carboxylic acids is 1. The molecule has 0 heterocycles. The predicted molar refractivity (Wildman–Crippen MR) is 68.1 cm³/mol. The third-order valence-corrected chi connectivity index (χ3v) is 3.75. The van der Waals surface area contributed by atoms with Gasteiger partial charge in [-0.2, -0.15) is 0 Å². The zero-order valence-corrected chi connectivity index (χ0v) is 11.4. The number of amides is 1. The molecule has 0 aromatic heterocycles. The summed E-state index contributed by atoms with van der Waals surface area (Å²) < 4.78 is 42.7. The Bertz CT molecular complexity index is 560. The van der Waals surface area contributed by atoms with Crippen molar-refractivity contribution in [3.05, 3.63) is 29.6 Å². The molecule has 1 amide bonds. The van der Waals surface area contributed by atoms with Gasteiger partial charge >= 0.3 is 0 Å². The summed E-state index contributed by atoms with van der Waals surface area (Å²) in [6.45, 7) is -0.104. The minimum Gasteiger partial charge on any atom is -0.497 e. The summed E-state index contributed by atoms with van der Waals surface area (Å²) in [5.74, 6) is -1.38. The maximum Gasteiger partial charge on any atom is 0.254 e. The number of hydrogen-bond donors (Lipinski definition) is 2. The van der Waals surface area contributed by atoms with Crippen molar-refractivity contribution >= 4 is 15.9 Å². The fourth-order valence-corrected chi connectivity index (χ4v) is 1.88. The van der Waals surface area contributed by atoms with Crippen LogP contribution in [0.15, 0.2) is 18.2 Å². The lowest BCUT2D eigenvalue weighted by molar-refractivity contribution is 0.0952. The van der Waals surface area contributed by atoms with Crippen LogP contribution in [0.5, 0.6) is 5.75 Å². The highest BCUT2D eigenvalue weighted by molar-refractivity contribution is 7.89. The van der Waals surface area contributed by atoms with Gasteiger partial charge in [-0.3, -0.25) is 4.79 Å². The van der Waals surface area contributed by atoms with Crippen molar-refractivity contribution < 1.29 is 22.3 Å². The van der Waals surface area contributed by atoms with Crippen LogP contribution in [-0.4, -0.2) is 40.8 Å². The SMILES string of the molecule is CNS(=O)(=O)CCNC(=O)c1ccc(OC)cc1F. The quantitative estimate of drug-likeness (QED) is 0.779. The Labute approximate surface area is 111 Å². The number of methoxy groups -OCH3 is 1. The Morgan fingerprint density at radius 2 is 2.11 bits per heavy atom. The van der Waals surface area contributed by atoms with E-state index in [1.54, 1.807) is 0 Å². The maximum atomic E-state index is 13.5. The molecule has 1 rings (SSSR count). The van der Waals surface area contributed by atoms with Crippen LogP contribution in [0, 0.1) is 5.82 Å². The van der Waals surface area contributed by atoms with Crippen LogP contribution in [0.3, 0.4) is 0 Å². The van der Waals surface area contributed by atoms with Gasteiger partial charge in [-0.1, -0.05) is 0 Å². The lowest BCUT2D eigenvalue weighted by Gasteiger charge is -2.07. The van der Waals surface area contributed by atoms with E-state index >= 15 is 0 Å². The summed E-state index contributed by atoms with van der Waals surface area (Å²) in [5.41, 5.74) is -0.164. The monoisotopic (exact) mass is 290 g/mol. The van der Waals surface area contributed by atoms with Crippen molar-refractivity contribution in [2.45, 2.75) is 0 Å². The number of carbonyl (C=O) groups is 1. The molecule has 6 nitrogen and oxygen atoms in total. The van der Waals surface area contributed by atoms with Crippen LogP contribution in [-0.2, 0) is 10.0 Å². The topological polar surface area (TPSA) is 84.5 Å². The van der Waals surface area contributed by atoms with Gasteiger partial charge in [0.2, 0.25) is 10.0 Å². The molecule has 0 saturated carbocycles. The molecule has 0 bridgehead atoms. The number of nitrogens with one attached hydrogen (secondary N) is 2. The van der Waals surface area contributed by atoms with Crippen LogP contribution in [0.25, 0.3) is 0 Å². The molecule has 19 heavy (non-hydrogen) atoms. The van der Waals surface area contributed by atoms with Crippen LogP contribution in [0.2, 0.25) is 0 Å². The number of halogens is 1. The summed E-state index contributed by atoms with van der Waals surface area (Å²) in [6, 6.07) is 3.80. The fraction of sp³-hybridized carbons (Fsp3) is 0.364. The van der Waals surface area contributed by atoms with Gasteiger partial charge in [0, 0.05) is 12.6 Å². The standard InChI is InChI=1S/C11H15FN2O4S/c1-13-19(16,17)6-5-14-11(15)9-4-3-8(18-2)7-10(9)12/h3-4,7,13H,5-6H2,1-2H3,(H,14,15). The molecule has 2 N–H and O–H groups in total. The number of benzene rings is 1. The number of rotatable bonds is 6. The highest BCUT2D eigenvalue weighted by Crippen LogP contribution is 2.15. The Kier molecular flexibility index (Phi) is 5.25. The number of ether oxygens (including phenoxy) is 1. The molecule has 0 aliphatic rings. The lowest BCUT2D eigenvalue weighted by atomic mass is 10.2. The molecule has 0 spiro atoms. The van der Waals surface area contributed by atoms with Gasteiger partial charge in [0.1, 0.15) is 11.6 Å². The Morgan fingerprint density at radius 3 is 2.63 bits per heavy atom. The first-order chi connectivity index (χ1) is 8.89. The molecular formula is C11H15FN2O4S. The highest BCUT2D eigenvalue weighted by atomic mass is 32.2. The first kappa shape index (κ1) is 15.4. The largest absolute Gasteiger partial charge is 0.497 e. The fourth-order valence-electron chi connectivity index (χ4n) is 1.30. The third kappa shape index (κ3) is 4.49. The van der Waals surface area contributed by atoms with E-state index in [9.17, 15) is 17.6 Å². The highest BCUT2D eigenvalue weighted by Gasteiger charge is 2.13. The summed E-state index contributed by atoms with van der Waals surface area (Å²) in [5, 5.41) is 2.33. The average Bonchev–Trinajstić information content (AvgIpc) is 2.38. The molecule has 1 aromatic rings. The van der Waals surface area contributed by atoms with Crippen LogP contribution in [0.4, 0.5) is 4.39 Å². The molecule has 0 atom stereocenters. The van der Waals surface area contributed by atoms with Crippen molar-refractivity contribution in [3.63, 3.8) is 0 Å². The van der Waals surface area contributed by atoms with Gasteiger partial charge in [-0.15, -0.1) is 0 Å². The van der Waals surface area contributed by atoms with Gasteiger partial charge < -0.3 is 10.1 Å². The smallest absolute Gasteiger partial charge is 0.254 e. The predicted octanol–water partition coefficient (Wildman–Crippen LogP) is 0.113. The van der Waals surface area contributed by atoms with Crippen LogP contribution in [0.1, 0.15) is 10.4 Å². The molecule has 1 aromatic carbocycles. The Balaban J connectivity index is 2.64. The van der Waals surface area contributed by atoms with E-state index in [4.69, 9.17) is 4.74 Å². The third-order valence-electron chi connectivity index (χ3n) is 2.39. The van der Waals surface area contributed by atoms with Crippen molar-refractivity contribution in [1.82, 2.24) is 10.0 Å². The van der Waals surface area contributed by atoms with Gasteiger partial charge in [-0.25, -0.2) is 17.5 Å². The summed E-state index contributed by atoms with van der Waals surface area (Å²) in [4.78, 5) is 11.6. The lowest BCUT2D eigenvalue weighted by Crippen LogP contribution is -2.33. The van der Waals surface area contributed by atoms with Crippen LogP contribution >= 0.6 is 0 Å². The van der Waals surface area contributed by atoms with Crippen LogP contribution < -0.4 is 14.8 Å². The minimum absolute atomic E-state index is 0.104. The molecular weight excluding hydrogens is 275 g/mol. The zero-order chi connectivity index (χ0) is 14.5. The molecule has 0 fully saturated rings. The van der Waals surface area contributed by atoms with Crippen molar-refractivity contribution in [2.75, 3.05) is 26.5 Å². The molecule has 0 radical (unpaired) electrons. The van der Waals surface area contributed by atoms with Gasteiger partial charge in [-0.05, 0) is 19.2 Å². The molecule has 0 aliphatic heterocycles. The Morgan fingerprint density at radius 1 is 1.42 bits per heavy atom. The first-order valence-corrected chi connectivity index (χ1v) is 7.08. The normalized spacial score (nSPS) is 11.1. The van der Waals surface area contributed by atoms with E-state index in [-0.39, 0.29) is 17.9 Å². The van der Waals surface area contributed by atoms with E-state index in [1.807, 2.05) is 0 Å². The van der Waals surface area contributed by atoms with Crippen molar-refractivity contribution in [2.24, 2.45) is 0 Å². The van der Waals surface area contributed by atoms with Gasteiger partial charge in [0.25, 0.3) is 5.91 Å². The maximum absolute atomic E-state index is 13.5. The van der Waals surface area contributed by atoms with E-state index in [0.29, 0.717) is 5.75 Å². The van der Waals surface area contributed by atoms with E-state index in [1.165, 1.54) is 26.3 Å². The van der Waals surface area contributed by atoms with E-state index < -0.39 is 21.7 Å². The molecule has 0 aliphatic carbocycles. The van der Waals surface area contributed by atoms with Gasteiger partial charge in [0.05, 0.1) is 18.4 Å². The number of hydrogen-bond acceptors (Lipinski definition) is 4. The number of sulfonamides is 1. The molecule has 0 unspecified atom stereocenters. The average molecular weight is 290 g/mol. The summed E-state index contributed by atoms with van der Waals surface area (Å²) in [7, 11) is -0.733. The summed E-state index contributed by atoms with van der Waals surface area (Å²) >= 11 is 0. The second-order valence-corrected chi connectivity index (χ2v) is 5.67. The summed E-state index contributed by atoms with van der Waals surface area (Å²) in [6.07, 6.45) is 0. The molecule has 8 heteroatoms. The zero-order valence-electron chi connectivity index (χ0n) is 10.6. The Hall–Kier alpha value is -1.67. The van der Waals surface area contributed by atoms with Gasteiger partial charge in [0.15, 0.2) is 0 Å². The molecule has 0 saturated heterocycles. The second-order valence-electron chi connectivity index (χ2n) is 3.62. The van der Waals surface area contributed by atoms with E-state index in [0.717, 1.165) is 6.07 Å². The molecule has 106 valence electrons.